The van der Waals surface area contributed by atoms with Crippen molar-refractivity contribution < 1.29 is 9.31 Å². The van der Waals surface area contributed by atoms with Crippen LogP contribution in [0.15, 0.2) is 18.2 Å². The van der Waals surface area contributed by atoms with Gasteiger partial charge in [-0.15, -0.1) is 12.4 Å². The molecule has 5 nitrogen and oxygen atoms in total. The molecule has 2 aliphatic heterocycles. The molecule has 0 spiro atoms. The molecule has 0 aromatic heterocycles. The van der Waals surface area contributed by atoms with E-state index in [1.165, 1.54) is 18.6 Å². The molecule has 7 heteroatoms. The van der Waals surface area contributed by atoms with Crippen LogP contribution in [0.3, 0.4) is 0 Å². The maximum Gasteiger partial charge on any atom is 0.274 e. The Bertz CT molecular complexity index is 529. The number of rotatable bonds is 3. The van der Waals surface area contributed by atoms with E-state index in [1.807, 2.05) is 0 Å². The predicted octanol–water partition coefficient (Wildman–Crippen LogP) is 2.48. The molecule has 2 atom stereocenters. The van der Waals surface area contributed by atoms with Crippen molar-refractivity contribution in [3.8, 4) is 0 Å². The molecule has 1 aromatic carbocycles. The summed E-state index contributed by atoms with van der Waals surface area (Å²) < 4.78 is 13.3. The normalized spacial score (nSPS) is 25.2. The van der Waals surface area contributed by atoms with Crippen molar-refractivity contribution in [2.75, 3.05) is 13.1 Å². The van der Waals surface area contributed by atoms with Crippen LogP contribution in [0.5, 0.6) is 0 Å². The van der Waals surface area contributed by atoms with Gasteiger partial charge in [-0.2, -0.15) is 0 Å². The summed E-state index contributed by atoms with van der Waals surface area (Å²) in [6.45, 7) is 2.23. The number of halogens is 2. The van der Waals surface area contributed by atoms with Crippen molar-refractivity contribution in [3.05, 3.63) is 39.7 Å². The number of nitro groups is 1. The number of nitrogens with one attached hydrogen (secondary N) is 1. The first-order valence-corrected chi connectivity index (χ1v) is 7.03. The monoisotopic (exact) mass is 315 g/mol. The maximum absolute atomic E-state index is 13.3. The third-order valence-electron chi connectivity index (χ3n) is 4.24. The molecular weight excluding hydrogens is 297 g/mol. The lowest BCUT2D eigenvalue weighted by Crippen LogP contribution is -2.35. The summed E-state index contributed by atoms with van der Waals surface area (Å²) in [5, 5.41) is 14.6. The lowest BCUT2D eigenvalue weighted by molar-refractivity contribution is -0.385. The third-order valence-corrected chi connectivity index (χ3v) is 4.24. The highest BCUT2D eigenvalue weighted by molar-refractivity contribution is 5.85. The summed E-state index contributed by atoms with van der Waals surface area (Å²) in [6.07, 6.45) is 3.44. The second-order valence-corrected chi connectivity index (χ2v) is 5.69. The molecule has 0 radical (unpaired) electrons. The molecule has 2 saturated heterocycles. The van der Waals surface area contributed by atoms with Gasteiger partial charge in [-0.05, 0) is 31.4 Å². The van der Waals surface area contributed by atoms with Crippen LogP contribution in [0.1, 0.15) is 24.8 Å². The van der Waals surface area contributed by atoms with E-state index >= 15 is 0 Å². The van der Waals surface area contributed by atoms with Gasteiger partial charge >= 0.3 is 0 Å². The lowest BCUT2D eigenvalue weighted by atomic mass is 10.1. The number of nitrogens with zero attached hydrogens (tertiary/aromatic N) is 2. The van der Waals surface area contributed by atoms with Gasteiger partial charge in [0.25, 0.3) is 5.69 Å². The van der Waals surface area contributed by atoms with Gasteiger partial charge in [0.05, 0.1) is 4.92 Å². The van der Waals surface area contributed by atoms with E-state index in [0.717, 1.165) is 32.0 Å². The van der Waals surface area contributed by atoms with Gasteiger partial charge in [0, 0.05) is 43.3 Å². The highest BCUT2D eigenvalue weighted by atomic mass is 35.5. The van der Waals surface area contributed by atoms with Crippen LogP contribution >= 0.6 is 12.4 Å². The first-order chi connectivity index (χ1) is 9.61. The number of fused-ring (bicyclic) bond motifs is 2. The van der Waals surface area contributed by atoms with Gasteiger partial charge in [0.15, 0.2) is 0 Å². The summed E-state index contributed by atoms with van der Waals surface area (Å²) in [4.78, 5) is 12.8. The predicted molar refractivity (Wildman–Crippen MR) is 80.1 cm³/mol. The average molecular weight is 316 g/mol. The third kappa shape index (κ3) is 3.70. The number of hydrogen-bond donors (Lipinski definition) is 1. The first-order valence-electron chi connectivity index (χ1n) is 7.03. The van der Waals surface area contributed by atoms with Crippen molar-refractivity contribution >= 4 is 18.1 Å². The minimum Gasteiger partial charge on any atom is -0.310 e. The largest absolute Gasteiger partial charge is 0.310 e. The van der Waals surface area contributed by atoms with Crippen LogP contribution in [0.2, 0.25) is 0 Å². The van der Waals surface area contributed by atoms with Gasteiger partial charge < -0.3 is 5.32 Å². The Kier molecular flexibility index (Phi) is 5.13. The van der Waals surface area contributed by atoms with Crippen molar-refractivity contribution in [3.63, 3.8) is 0 Å². The molecule has 2 heterocycles. The van der Waals surface area contributed by atoms with Gasteiger partial charge in [-0.25, -0.2) is 4.39 Å². The fourth-order valence-corrected chi connectivity index (χ4v) is 3.26. The van der Waals surface area contributed by atoms with Crippen LogP contribution < -0.4 is 5.32 Å². The summed E-state index contributed by atoms with van der Waals surface area (Å²) in [5.41, 5.74) is 0.474. The Morgan fingerprint density at radius 3 is 2.86 bits per heavy atom. The number of nitro benzene ring substituents is 1. The standard InChI is InChI=1S/C14H18FN3O2.ClH/c15-11-1-4-14(18(19)20)10(7-11)8-17-6-5-12-2-3-13(9-17)16-12;/h1,4,7,12-13,16H,2-3,5-6,8-9H2;1H. The quantitative estimate of drug-likeness (QED) is 0.687. The Balaban J connectivity index is 0.00000161. The molecule has 0 aliphatic carbocycles. The molecule has 1 aromatic rings. The molecule has 2 bridgehead atoms. The number of likely N-dealkylation sites (tertiary alicyclic amines) is 1. The SMILES string of the molecule is Cl.O=[N+]([O-])c1ccc(F)cc1CN1CCC2CCC(C1)N2. The smallest absolute Gasteiger partial charge is 0.274 e. The van der Waals surface area contributed by atoms with E-state index in [0.29, 0.717) is 24.2 Å². The maximum atomic E-state index is 13.3. The van der Waals surface area contributed by atoms with E-state index in [1.54, 1.807) is 0 Å². The van der Waals surface area contributed by atoms with E-state index in [9.17, 15) is 14.5 Å². The molecule has 2 fully saturated rings. The van der Waals surface area contributed by atoms with Crippen molar-refractivity contribution in [2.45, 2.75) is 37.9 Å². The molecule has 2 aliphatic rings. The Labute approximate surface area is 129 Å². The highest BCUT2D eigenvalue weighted by Crippen LogP contribution is 2.25. The number of hydrogen-bond acceptors (Lipinski definition) is 4. The molecule has 3 rings (SSSR count). The van der Waals surface area contributed by atoms with Crippen LogP contribution in [0.4, 0.5) is 10.1 Å². The van der Waals surface area contributed by atoms with E-state index in [2.05, 4.69) is 10.2 Å². The molecule has 0 amide bonds. The fourth-order valence-electron chi connectivity index (χ4n) is 3.26. The Hall–Kier alpha value is -1.24. The lowest BCUT2D eigenvalue weighted by Gasteiger charge is -2.23. The zero-order valence-corrected chi connectivity index (χ0v) is 12.4. The zero-order chi connectivity index (χ0) is 14.1. The van der Waals surface area contributed by atoms with Crippen LogP contribution in [-0.4, -0.2) is 35.0 Å². The van der Waals surface area contributed by atoms with Gasteiger partial charge in [-0.3, -0.25) is 15.0 Å². The highest BCUT2D eigenvalue weighted by Gasteiger charge is 2.30. The Morgan fingerprint density at radius 1 is 1.33 bits per heavy atom. The minimum atomic E-state index is -0.434. The summed E-state index contributed by atoms with van der Waals surface area (Å²) in [7, 11) is 0. The van der Waals surface area contributed by atoms with Crippen molar-refractivity contribution in [2.24, 2.45) is 0 Å². The summed E-state index contributed by atoms with van der Waals surface area (Å²) in [6, 6.07) is 4.73. The second kappa shape index (κ2) is 6.68. The molecule has 1 N–H and O–H groups in total. The van der Waals surface area contributed by atoms with Gasteiger partial charge in [0.1, 0.15) is 5.82 Å². The van der Waals surface area contributed by atoms with E-state index in [-0.39, 0.29) is 18.1 Å². The van der Waals surface area contributed by atoms with Crippen molar-refractivity contribution in [1.29, 1.82) is 0 Å². The topological polar surface area (TPSA) is 58.4 Å². The molecule has 21 heavy (non-hydrogen) atoms. The Morgan fingerprint density at radius 2 is 2.10 bits per heavy atom. The second-order valence-electron chi connectivity index (χ2n) is 5.69. The minimum absolute atomic E-state index is 0. The fraction of sp³-hybridized carbons (Fsp3) is 0.571. The van der Waals surface area contributed by atoms with Crippen LogP contribution in [0.25, 0.3) is 0 Å². The van der Waals surface area contributed by atoms with Gasteiger partial charge in [-0.1, -0.05) is 0 Å². The zero-order valence-electron chi connectivity index (χ0n) is 11.6. The summed E-state index contributed by atoms with van der Waals surface area (Å²) >= 11 is 0. The van der Waals surface area contributed by atoms with Crippen LogP contribution in [0, 0.1) is 15.9 Å². The molecule has 2 unspecified atom stereocenters. The summed E-state index contributed by atoms with van der Waals surface area (Å²) in [5.74, 6) is -0.417. The van der Waals surface area contributed by atoms with Crippen LogP contribution in [-0.2, 0) is 6.54 Å². The van der Waals surface area contributed by atoms with Crippen molar-refractivity contribution in [1.82, 2.24) is 10.2 Å². The molecule has 116 valence electrons. The van der Waals surface area contributed by atoms with E-state index in [4.69, 9.17) is 0 Å². The molecular formula is C14H19ClFN3O2. The first kappa shape index (κ1) is 16.1. The van der Waals surface area contributed by atoms with E-state index < -0.39 is 10.7 Å². The molecule has 0 saturated carbocycles. The average Bonchev–Trinajstić information content (AvgIpc) is 2.72. The van der Waals surface area contributed by atoms with Gasteiger partial charge in [0.2, 0.25) is 0 Å². The number of benzene rings is 1.